The minimum Gasteiger partial charge on any atom is -0.380 e. The van der Waals surface area contributed by atoms with Crippen LogP contribution in [0.4, 0.5) is 0 Å². The van der Waals surface area contributed by atoms with Crippen molar-refractivity contribution in [2.45, 2.75) is 13.0 Å². The topological polar surface area (TPSA) is 61.0 Å². The fourth-order valence-corrected chi connectivity index (χ4v) is 0.821. The highest BCUT2D eigenvalue weighted by Crippen LogP contribution is 2.01. The monoisotopic (exact) mass is 167 g/mol. The molecule has 4 nitrogen and oxygen atoms in total. The molecule has 0 aliphatic rings. The second kappa shape index (κ2) is 4.79. The van der Waals surface area contributed by atoms with E-state index in [0.717, 1.165) is 0 Å². The number of hydrogen-bond donors (Lipinski definition) is 1. The van der Waals surface area contributed by atoms with Gasteiger partial charge in [-0.1, -0.05) is 0 Å². The zero-order valence-corrected chi connectivity index (χ0v) is 7.10. The molecule has 0 aliphatic carbocycles. The molecule has 1 aromatic rings. The maximum absolute atomic E-state index is 5.73. The number of aromatic nitrogens is 2. The SMILES string of the molecule is CCOCC(N)c1ncccn1. The fourth-order valence-electron chi connectivity index (χ4n) is 0.821. The van der Waals surface area contributed by atoms with E-state index in [1.54, 1.807) is 18.5 Å². The Hall–Kier alpha value is -1.00. The molecule has 0 aromatic carbocycles. The van der Waals surface area contributed by atoms with Gasteiger partial charge in [-0.15, -0.1) is 0 Å². The van der Waals surface area contributed by atoms with Gasteiger partial charge in [0.15, 0.2) is 0 Å². The van der Waals surface area contributed by atoms with Crippen molar-refractivity contribution < 1.29 is 4.74 Å². The van der Waals surface area contributed by atoms with E-state index in [2.05, 4.69) is 9.97 Å². The molecule has 1 unspecified atom stereocenters. The minimum absolute atomic E-state index is 0.217. The van der Waals surface area contributed by atoms with E-state index in [0.29, 0.717) is 19.0 Å². The van der Waals surface area contributed by atoms with E-state index in [1.165, 1.54) is 0 Å². The quantitative estimate of drug-likeness (QED) is 0.709. The van der Waals surface area contributed by atoms with Crippen molar-refractivity contribution >= 4 is 0 Å². The van der Waals surface area contributed by atoms with Crippen molar-refractivity contribution in [3.63, 3.8) is 0 Å². The smallest absolute Gasteiger partial charge is 0.147 e. The van der Waals surface area contributed by atoms with Crippen molar-refractivity contribution in [3.05, 3.63) is 24.3 Å². The zero-order valence-electron chi connectivity index (χ0n) is 7.10. The summed E-state index contributed by atoms with van der Waals surface area (Å²) in [7, 11) is 0. The van der Waals surface area contributed by atoms with E-state index in [-0.39, 0.29) is 6.04 Å². The maximum Gasteiger partial charge on any atom is 0.147 e. The molecule has 0 saturated carbocycles. The Bertz CT molecular complexity index is 215. The van der Waals surface area contributed by atoms with Crippen molar-refractivity contribution in [3.8, 4) is 0 Å². The third-order valence-electron chi connectivity index (χ3n) is 1.42. The molecule has 1 atom stereocenters. The molecule has 0 aliphatic heterocycles. The molecule has 0 bridgehead atoms. The van der Waals surface area contributed by atoms with Gasteiger partial charge in [-0.2, -0.15) is 0 Å². The van der Waals surface area contributed by atoms with Crippen LogP contribution in [-0.4, -0.2) is 23.2 Å². The number of ether oxygens (including phenoxy) is 1. The summed E-state index contributed by atoms with van der Waals surface area (Å²) in [4.78, 5) is 8.03. The molecular formula is C8H13N3O. The summed E-state index contributed by atoms with van der Waals surface area (Å²) >= 11 is 0. The summed E-state index contributed by atoms with van der Waals surface area (Å²) < 4.78 is 5.14. The highest BCUT2D eigenvalue weighted by Gasteiger charge is 2.06. The lowest BCUT2D eigenvalue weighted by Crippen LogP contribution is -2.19. The van der Waals surface area contributed by atoms with Crippen LogP contribution in [0.15, 0.2) is 18.5 Å². The molecule has 0 amide bonds. The van der Waals surface area contributed by atoms with Crippen LogP contribution < -0.4 is 5.73 Å². The number of rotatable bonds is 4. The summed E-state index contributed by atoms with van der Waals surface area (Å²) in [6, 6.07) is 1.54. The van der Waals surface area contributed by atoms with Crippen LogP contribution in [-0.2, 0) is 4.74 Å². The summed E-state index contributed by atoms with van der Waals surface area (Å²) in [5.41, 5.74) is 5.73. The summed E-state index contributed by atoms with van der Waals surface area (Å²) in [6.45, 7) is 3.07. The molecule has 0 spiro atoms. The predicted octanol–water partition coefficient (Wildman–Crippen LogP) is 0.513. The van der Waals surface area contributed by atoms with Crippen LogP contribution in [0, 0.1) is 0 Å². The van der Waals surface area contributed by atoms with Crippen molar-refractivity contribution in [2.24, 2.45) is 5.73 Å². The van der Waals surface area contributed by atoms with Crippen molar-refractivity contribution in [1.29, 1.82) is 0 Å². The molecule has 1 heterocycles. The van der Waals surface area contributed by atoms with Gasteiger partial charge in [0.2, 0.25) is 0 Å². The second-order valence-electron chi connectivity index (χ2n) is 2.37. The van der Waals surface area contributed by atoms with Gasteiger partial charge in [0.1, 0.15) is 5.82 Å². The van der Waals surface area contributed by atoms with Crippen molar-refractivity contribution in [1.82, 2.24) is 9.97 Å². The first-order chi connectivity index (χ1) is 5.84. The average Bonchev–Trinajstić information content (AvgIpc) is 2.15. The summed E-state index contributed by atoms with van der Waals surface area (Å²) in [6.07, 6.45) is 3.35. The van der Waals surface area contributed by atoms with Gasteiger partial charge in [-0.05, 0) is 13.0 Å². The van der Waals surface area contributed by atoms with Gasteiger partial charge in [0.05, 0.1) is 12.6 Å². The Balaban J connectivity index is 2.48. The van der Waals surface area contributed by atoms with E-state index in [9.17, 15) is 0 Å². The lowest BCUT2D eigenvalue weighted by molar-refractivity contribution is 0.131. The molecule has 4 heteroatoms. The first-order valence-corrected chi connectivity index (χ1v) is 3.94. The van der Waals surface area contributed by atoms with E-state index in [1.807, 2.05) is 6.92 Å². The van der Waals surface area contributed by atoms with Gasteiger partial charge in [0, 0.05) is 19.0 Å². The van der Waals surface area contributed by atoms with Crippen LogP contribution in [0.3, 0.4) is 0 Å². The third-order valence-corrected chi connectivity index (χ3v) is 1.42. The Labute approximate surface area is 71.8 Å². The molecule has 0 radical (unpaired) electrons. The van der Waals surface area contributed by atoms with Gasteiger partial charge >= 0.3 is 0 Å². The Morgan fingerprint density at radius 2 is 2.17 bits per heavy atom. The highest BCUT2D eigenvalue weighted by molar-refractivity contribution is 4.94. The van der Waals surface area contributed by atoms with E-state index < -0.39 is 0 Å². The van der Waals surface area contributed by atoms with Crippen LogP contribution >= 0.6 is 0 Å². The Morgan fingerprint density at radius 3 is 2.75 bits per heavy atom. The number of hydrogen-bond acceptors (Lipinski definition) is 4. The third kappa shape index (κ3) is 2.56. The number of nitrogens with two attached hydrogens (primary N) is 1. The Kier molecular flexibility index (Phi) is 3.63. The molecule has 1 rings (SSSR count). The lowest BCUT2D eigenvalue weighted by atomic mass is 10.3. The zero-order chi connectivity index (χ0) is 8.81. The minimum atomic E-state index is -0.217. The van der Waals surface area contributed by atoms with Gasteiger partial charge in [0.25, 0.3) is 0 Å². The van der Waals surface area contributed by atoms with E-state index in [4.69, 9.17) is 10.5 Å². The molecule has 1 aromatic heterocycles. The number of nitrogens with zero attached hydrogens (tertiary/aromatic N) is 2. The second-order valence-corrected chi connectivity index (χ2v) is 2.37. The summed E-state index contributed by atoms with van der Waals surface area (Å²) in [5.74, 6) is 0.631. The standard InChI is InChI=1S/C8H13N3O/c1-2-12-6-7(9)8-10-4-3-5-11-8/h3-5,7H,2,6,9H2,1H3. The molecule has 66 valence electrons. The molecule has 2 N–H and O–H groups in total. The average molecular weight is 167 g/mol. The molecular weight excluding hydrogens is 154 g/mol. The fraction of sp³-hybridized carbons (Fsp3) is 0.500. The van der Waals surface area contributed by atoms with Gasteiger partial charge in [-0.25, -0.2) is 9.97 Å². The normalized spacial score (nSPS) is 12.8. The first-order valence-electron chi connectivity index (χ1n) is 3.94. The van der Waals surface area contributed by atoms with Gasteiger partial charge < -0.3 is 10.5 Å². The molecule has 0 saturated heterocycles. The van der Waals surface area contributed by atoms with Crippen LogP contribution in [0.25, 0.3) is 0 Å². The summed E-state index contributed by atoms with van der Waals surface area (Å²) in [5, 5.41) is 0. The van der Waals surface area contributed by atoms with E-state index >= 15 is 0 Å². The van der Waals surface area contributed by atoms with Crippen molar-refractivity contribution in [2.75, 3.05) is 13.2 Å². The Morgan fingerprint density at radius 1 is 1.50 bits per heavy atom. The van der Waals surface area contributed by atoms with Crippen LogP contribution in [0.5, 0.6) is 0 Å². The molecule has 12 heavy (non-hydrogen) atoms. The maximum atomic E-state index is 5.73. The first kappa shape index (κ1) is 9.09. The van der Waals surface area contributed by atoms with Crippen LogP contribution in [0.1, 0.15) is 18.8 Å². The largest absolute Gasteiger partial charge is 0.380 e. The lowest BCUT2D eigenvalue weighted by Gasteiger charge is -2.08. The molecule has 0 fully saturated rings. The highest BCUT2D eigenvalue weighted by atomic mass is 16.5. The van der Waals surface area contributed by atoms with Gasteiger partial charge in [-0.3, -0.25) is 0 Å². The van der Waals surface area contributed by atoms with Crippen LogP contribution in [0.2, 0.25) is 0 Å². The predicted molar refractivity (Wildman–Crippen MR) is 45.5 cm³/mol.